The van der Waals surface area contributed by atoms with E-state index in [2.05, 4.69) is 39.6 Å². The van der Waals surface area contributed by atoms with E-state index >= 15 is 0 Å². The summed E-state index contributed by atoms with van der Waals surface area (Å²) in [6.07, 6.45) is 4.81. The lowest BCUT2D eigenvalue weighted by molar-refractivity contribution is 0.684. The molecule has 0 amide bonds. The first-order valence-electron chi connectivity index (χ1n) is 5.27. The molecule has 0 saturated carbocycles. The molecule has 0 spiro atoms. The minimum absolute atomic E-state index is 0.414. The number of nitrogens with zero attached hydrogens (tertiary/aromatic N) is 1. The summed E-state index contributed by atoms with van der Waals surface area (Å²) in [6.45, 7) is 1.02. The molecular weight excluding hydrogens is 186 g/mol. The van der Waals surface area contributed by atoms with Crippen molar-refractivity contribution in [1.82, 2.24) is 9.97 Å². The molecule has 3 rings (SSSR count). The van der Waals surface area contributed by atoms with Gasteiger partial charge in [-0.05, 0) is 18.1 Å². The zero-order valence-corrected chi connectivity index (χ0v) is 8.40. The molecule has 1 aromatic carbocycles. The molecule has 1 atom stereocenters. The summed E-state index contributed by atoms with van der Waals surface area (Å²) in [4.78, 5) is 7.56. The first-order valence-corrected chi connectivity index (χ1v) is 5.27. The molecular formula is C12H13N3. The van der Waals surface area contributed by atoms with E-state index in [0.717, 1.165) is 18.8 Å². The van der Waals surface area contributed by atoms with E-state index in [-0.39, 0.29) is 0 Å². The molecule has 0 bridgehead atoms. The Balaban J connectivity index is 2.06. The highest BCUT2D eigenvalue weighted by atomic mass is 14.9. The highest BCUT2D eigenvalue weighted by Crippen LogP contribution is 2.34. The van der Waals surface area contributed by atoms with Crippen LogP contribution in [-0.4, -0.2) is 16.5 Å². The molecule has 0 unspecified atom stereocenters. The fourth-order valence-corrected chi connectivity index (χ4v) is 2.22. The summed E-state index contributed by atoms with van der Waals surface area (Å²) in [5, 5.41) is 3.41. The first-order chi connectivity index (χ1) is 7.45. The number of fused-ring (bicyclic) bond motifs is 1. The molecule has 3 nitrogen and oxygen atoms in total. The number of H-pyrrole nitrogens is 1. The van der Waals surface area contributed by atoms with Gasteiger partial charge in [-0.25, -0.2) is 4.98 Å². The molecule has 0 radical (unpaired) electrons. The van der Waals surface area contributed by atoms with E-state index in [1.807, 2.05) is 12.4 Å². The van der Waals surface area contributed by atoms with Crippen LogP contribution in [0.1, 0.15) is 23.7 Å². The molecule has 76 valence electrons. The van der Waals surface area contributed by atoms with E-state index in [1.165, 1.54) is 11.3 Å². The van der Waals surface area contributed by atoms with Gasteiger partial charge in [-0.2, -0.15) is 0 Å². The number of rotatable bonds is 1. The number of benzene rings is 1. The smallest absolute Gasteiger partial charge is 0.113 e. The van der Waals surface area contributed by atoms with Crippen molar-refractivity contribution >= 4 is 5.69 Å². The number of aromatic nitrogens is 2. The van der Waals surface area contributed by atoms with Crippen LogP contribution in [-0.2, 0) is 0 Å². The molecule has 1 aliphatic heterocycles. The van der Waals surface area contributed by atoms with Gasteiger partial charge >= 0.3 is 0 Å². The summed E-state index contributed by atoms with van der Waals surface area (Å²) in [7, 11) is 0. The second-order valence-electron chi connectivity index (χ2n) is 3.83. The normalized spacial score (nSPS) is 19.3. The summed E-state index contributed by atoms with van der Waals surface area (Å²) in [5.74, 6) is 1.49. The predicted octanol–water partition coefficient (Wildman–Crippen LogP) is 2.36. The van der Waals surface area contributed by atoms with Crippen molar-refractivity contribution in [3.05, 3.63) is 48.0 Å². The van der Waals surface area contributed by atoms with E-state index < -0.39 is 0 Å². The van der Waals surface area contributed by atoms with Crippen molar-refractivity contribution in [2.75, 3.05) is 11.9 Å². The van der Waals surface area contributed by atoms with Crippen molar-refractivity contribution in [1.29, 1.82) is 0 Å². The first kappa shape index (κ1) is 8.53. The van der Waals surface area contributed by atoms with Crippen molar-refractivity contribution in [3.63, 3.8) is 0 Å². The number of imidazole rings is 1. The van der Waals surface area contributed by atoms with Crippen LogP contribution in [0.4, 0.5) is 5.69 Å². The van der Waals surface area contributed by atoms with E-state index in [4.69, 9.17) is 0 Å². The van der Waals surface area contributed by atoms with Gasteiger partial charge in [0.2, 0.25) is 0 Å². The Hall–Kier alpha value is -1.77. The Bertz CT molecular complexity index is 448. The highest BCUT2D eigenvalue weighted by Gasteiger charge is 2.22. The molecule has 2 heterocycles. The van der Waals surface area contributed by atoms with Crippen LogP contribution in [0.3, 0.4) is 0 Å². The number of anilines is 1. The lowest BCUT2D eigenvalue weighted by atomic mass is 9.90. The Morgan fingerprint density at radius 3 is 3.07 bits per heavy atom. The molecule has 2 N–H and O–H groups in total. The fraction of sp³-hybridized carbons (Fsp3) is 0.250. The van der Waals surface area contributed by atoms with Gasteiger partial charge in [0.05, 0.1) is 0 Å². The quantitative estimate of drug-likeness (QED) is 0.740. The summed E-state index contributed by atoms with van der Waals surface area (Å²) in [5.41, 5.74) is 2.59. The van der Waals surface area contributed by atoms with Gasteiger partial charge in [0.25, 0.3) is 0 Å². The van der Waals surface area contributed by atoms with Crippen LogP contribution in [0.2, 0.25) is 0 Å². The Morgan fingerprint density at radius 2 is 2.20 bits per heavy atom. The standard InChI is InChI=1S/C12H13N3/c1-2-4-11-9(3-1)10(5-6-13-11)12-14-7-8-15-12/h1-4,7-8,10,13H,5-6H2,(H,14,15)/t10-/m1/s1. The number of para-hydroxylation sites is 1. The molecule has 0 aliphatic carbocycles. The monoisotopic (exact) mass is 199 g/mol. The topological polar surface area (TPSA) is 40.7 Å². The molecule has 3 heteroatoms. The fourth-order valence-electron chi connectivity index (χ4n) is 2.22. The third kappa shape index (κ3) is 1.40. The molecule has 0 saturated heterocycles. The van der Waals surface area contributed by atoms with Gasteiger partial charge in [0.1, 0.15) is 5.82 Å². The number of nitrogens with one attached hydrogen (secondary N) is 2. The van der Waals surface area contributed by atoms with Gasteiger partial charge in [-0.3, -0.25) is 0 Å². The van der Waals surface area contributed by atoms with Crippen LogP contribution in [0.5, 0.6) is 0 Å². The Labute approximate surface area is 88.6 Å². The third-order valence-corrected chi connectivity index (χ3v) is 2.93. The van der Waals surface area contributed by atoms with Crippen LogP contribution in [0.15, 0.2) is 36.7 Å². The maximum absolute atomic E-state index is 4.36. The third-order valence-electron chi connectivity index (χ3n) is 2.93. The minimum Gasteiger partial charge on any atom is -0.385 e. The molecule has 0 fully saturated rings. The number of hydrogen-bond acceptors (Lipinski definition) is 2. The summed E-state index contributed by atoms with van der Waals surface area (Å²) in [6, 6.07) is 8.46. The molecule has 1 aliphatic rings. The average Bonchev–Trinajstić information content (AvgIpc) is 2.82. The minimum atomic E-state index is 0.414. The predicted molar refractivity (Wildman–Crippen MR) is 60.0 cm³/mol. The summed E-state index contributed by atoms with van der Waals surface area (Å²) < 4.78 is 0. The molecule has 2 aromatic rings. The zero-order chi connectivity index (χ0) is 10.1. The zero-order valence-electron chi connectivity index (χ0n) is 8.40. The van der Waals surface area contributed by atoms with Crippen molar-refractivity contribution in [2.45, 2.75) is 12.3 Å². The van der Waals surface area contributed by atoms with E-state index in [1.54, 1.807) is 0 Å². The van der Waals surface area contributed by atoms with Gasteiger partial charge < -0.3 is 10.3 Å². The second-order valence-corrected chi connectivity index (χ2v) is 3.83. The molecule has 15 heavy (non-hydrogen) atoms. The highest BCUT2D eigenvalue weighted by molar-refractivity contribution is 5.56. The Kier molecular flexibility index (Phi) is 1.95. The second kappa shape index (κ2) is 3.42. The van der Waals surface area contributed by atoms with Gasteiger partial charge in [-0.1, -0.05) is 18.2 Å². The maximum atomic E-state index is 4.36. The van der Waals surface area contributed by atoms with Crippen LogP contribution >= 0.6 is 0 Å². The van der Waals surface area contributed by atoms with Crippen LogP contribution in [0.25, 0.3) is 0 Å². The average molecular weight is 199 g/mol. The number of aromatic amines is 1. The van der Waals surface area contributed by atoms with Gasteiger partial charge in [0, 0.05) is 30.5 Å². The van der Waals surface area contributed by atoms with Crippen molar-refractivity contribution < 1.29 is 0 Å². The maximum Gasteiger partial charge on any atom is 0.113 e. The SMILES string of the molecule is c1ccc2c(c1)NCC[C@H]2c1ncc[nH]1. The van der Waals surface area contributed by atoms with Crippen LogP contribution < -0.4 is 5.32 Å². The van der Waals surface area contributed by atoms with E-state index in [0.29, 0.717) is 5.92 Å². The van der Waals surface area contributed by atoms with Gasteiger partial charge in [0.15, 0.2) is 0 Å². The lowest BCUT2D eigenvalue weighted by Crippen LogP contribution is -2.18. The van der Waals surface area contributed by atoms with E-state index in [9.17, 15) is 0 Å². The lowest BCUT2D eigenvalue weighted by Gasteiger charge is -2.25. The van der Waals surface area contributed by atoms with Crippen LogP contribution in [0, 0.1) is 0 Å². The summed E-state index contributed by atoms with van der Waals surface area (Å²) >= 11 is 0. The largest absolute Gasteiger partial charge is 0.385 e. The van der Waals surface area contributed by atoms with Gasteiger partial charge in [-0.15, -0.1) is 0 Å². The Morgan fingerprint density at radius 1 is 1.27 bits per heavy atom. The van der Waals surface area contributed by atoms with Crippen molar-refractivity contribution in [2.24, 2.45) is 0 Å². The van der Waals surface area contributed by atoms with Crippen molar-refractivity contribution in [3.8, 4) is 0 Å². The number of hydrogen-bond donors (Lipinski definition) is 2. The molecule has 1 aromatic heterocycles.